The van der Waals surface area contributed by atoms with E-state index in [1.807, 2.05) is 44.2 Å². The summed E-state index contributed by atoms with van der Waals surface area (Å²) < 4.78 is 51.8. The Bertz CT molecular complexity index is 2510. The topological polar surface area (TPSA) is 164 Å². The van der Waals surface area contributed by atoms with Crippen LogP contribution in [0.2, 0.25) is 0 Å². The summed E-state index contributed by atoms with van der Waals surface area (Å²) in [5.74, 6) is 1.51. The van der Waals surface area contributed by atoms with E-state index in [2.05, 4.69) is 45.1 Å². The number of nitrogens with one attached hydrogen (secondary N) is 3. The number of rotatable bonds is 12. The fourth-order valence-corrected chi connectivity index (χ4v) is 9.62. The van der Waals surface area contributed by atoms with Gasteiger partial charge in [0.25, 0.3) is 0 Å². The summed E-state index contributed by atoms with van der Waals surface area (Å²) in [6, 6.07) is 16.2. The van der Waals surface area contributed by atoms with Gasteiger partial charge in [0.15, 0.2) is 11.5 Å². The van der Waals surface area contributed by atoms with Gasteiger partial charge in [-0.05, 0) is 98.4 Å². The highest BCUT2D eigenvalue weighted by molar-refractivity contribution is 7.82. The van der Waals surface area contributed by atoms with Crippen LogP contribution in [-0.4, -0.2) is 72.1 Å². The minimum absolute atomic E-state index is 0.00169. The molecule has 4 atom stereocenters. The summed E-state index contributed by atoms with van der Waals surface area (Å²) in [7, 11) is 0. The Morgan fingerprint density at radius 2 is 1.52 bits per heavy atom. The Kier molecular flexibility index (Phi) is 12.5. The SMILES string of the molecule is [C-]#[N+]c1cn2[nH]c(-c3ccc(N4CCN(C(C)=O)CC4)c(NS(=O)Oc4cc(NS(=O)Oc5cc(C)ccc5C)ccc4C)c3)nc2c1C(=O)OC1C(C)CC(C)CC1C. The lowest BCUT2D eigenvalue weighted by molar-refractivity contribution is -0.129. The highest BCUT2D eigenvalue weighted by atomic mass is 32.2. The number of esters is 1. The van der Waals surface area contributed by atoms with Gasteiger partial charge < -0.3 is 22.9 Å². The molecule has 4 unspecified atom stereocenters. The summed E-state index contributed by atoms with van der Waals surface area (Å²) in [4.78, 5) is 38.1. The van der Waals surface area contributed by atoms with Gasteiger partial charge in [0.2, 0.25) is 11.6 Å². The fraction of sp³-hybridized carbons (Fsp3) is 0.395. The van der Waals surface area contributed by atoms with Crippen LogP contribution in [0.5, 0.6) is 11.5 Å². The van der Waals surface area contributed by atoms with Crippen molar-refractivity contribution >= 4 is 62.8 Å². The van der Waals surface area contributed by atoms with E-state index in [9.17, 15) is 18.0 Å². The number of carbonyl (C=O) groups excluding carboxylic acids is 2. The molecule has 1 saturated carbocycles. The molecule has 15 nitrogen and oxygen atoms in total. The highest BCUT2D eigenvalue weighted by Crippen LogP contribution is 2.38. The third kappa shape index (κ3) is 9.29. The van der Waals surface area contributed by atoms with E-state index in [-0.39, 0.29) is 46.5 Å². The third-order valence-electron chi connectivity index (χ3n) is 11.2. The summed E-state index contributed by atoms with van der Waals surface area (Å²) in [5, 5.41) is 3.20. The second kappa shape index (κ2) is 17.8. The molecule has 0 bridgehead atoms. The first-order valence-electron chi connectivity index (χ1n) is 19.9. The van der Waals surface area contributed by atoms with Crippen LogP contribution >= 0.6 is 0 Å². The smallest absolute Gasteiger partial charge is 0.331 e. The first kappa shape index (κ1) is 42.3. The first-order chi connectivity index (χ1) is 28.7. The van der Waals surface area contributed by atoms with Crippen LogP contribution < -0.4 is 22.7 Å². The summed E-state index contributed by atoms with van der Waals surface area (Å²) >= 11 is -4.05. The van der Waals surface area contributed by atoms with Crippen molar-refractivity contribution in [2.45, 2.75) is 67.4 Å². The van der Waals surface area contributed by atoms with E-state index >= 15 is 0 Å². The molecule has 1 aliphatic carbocycles. The number of anilines is 3. The molecule has 5 aromatic rings. The molecule has 2 aromatic heterocycles. The Morgan fingerprint density at radius 3 is 2.18 bits per heavy atom. The van der Waals surface area contributed by atoms with E-state index in [0.29, 0.717) is 66.2 Å². The average Bonchev–Trinajstić information content (AvgIpc) is 3.77. The lowest BCUT2D eigenvalue weighted by atomic mass is 9.75. The van der Waals surface area contributed by atoms with E-state index < -0.39 is 28.5 Å². The minimum atomic E-state index is -2.12. The second-order valence-electron chi connectivity index (χ2n) is 16.0. The summed E-state index contributed by atoms with van der Waals surface area (Å²) in [6.07, 6.45) is 3.18. The van der Waals surface area contributed by atoms with Gasteiger partial charge in [0.1, 0.15) is 23.2 Å². The van der Waals surface area contributed by atoms with Crippen molar-refractivity contribution in [3.05, 3.63) is 94.5 Å². The quantitative estimate of drug-likeness (QED) is 0.0838. The number of hydrogen-bond donors (Lipinski definition) is 3. The van der Waals surface area contributed by atoms with Crippen LogP contribution in [0.15, 0.2) is 60.8 Å². The van der Waals surface area contributed by atoms with Crippen molar-refractivity contribution < 1.29 is 31.1 Å². The van der Waals surface area contributed by atoms with Crippen molar-refractivity contribution in [3.8, 4) is 22.9 Å². The number of piperazine rings is 1. The van der Waals surface area contributed by atoms with Crippen molar-refractivity contribution in [3.63, 3.8) is 0 Å². The second-order valence-corrected chi connectivity index (χ2v) is 17.7. The van der Waals surface area contributed by atoms with Gasteiger partial charge in [0, 0.05) is 50.9 Å². The monoisotopic (exact) mass is 854 g/mol. The maximum atomic E-state index is 13.8. The molecule has 3 aromatic carbocycles. The third-order valence-corrected chi connectivity index (χ3v) is 12.7. The average molecular weight is 855 g/mol. The molecule has 3 N–H and O–H groups in total. The van der Waals surface area contributed by atoms with Crippen LogP contribution in [0, 0.1) is 45.1 Å². The molecule has 1 amide bonds. The number of fused-ring (bicyclic) bond motifs is 1. The molecule has 0 radical (unpaired) electrons. The van der Waals surface area contributed by atoms with Crippen molar-refractivity contribution in [2.75, 3.05) is 40.5 Å². The van der Waals surface area contributed by atoms with Gasteiger partial charge in [-0.1, -0.05) is 39.0 Å². The largest absolute Gasteiger partial charge is 0.459 e. The van der Waals surface area contributed by atoms with Gasteiger partial charge in [-0.3, -0.25) is 23.9 Å². The predicted octanol–water partition coefficient (Wildman–Crippen LogP) is 7.84. The number of H-pyrrole nitrogens is 1. The van der Waals surface area contributed by atoms with Crippen LogP contribution in [0.4, 0.5) is 22.7 Å². The van der Waals surface area contributed by atoms with E-state index in [0.717, 1.165) is 29.7 Å². The van der Waals surface area contributed by atoms with Gasteiger partial charge in [-0.2, -0.15) is 8.42 Å². The maximum Gasteiger partial charge on any atom is 0.331 e. The summed E-state index contributed by atoms with van der Waals surface area (Å²) in [6.45, 7) is 23.5. The van der Waals surface area contributed by atoms with Crippen LogP contribution in [0.3, 0.4) is 0 Å². The molecule has 2 aliphatic rings. The van der Waals surface area contributed by atoms with Gasteiger partial charge in [-0.15, -0.1) is 0 Å². The zero-order chi connectivity index (χ0) is 42.8. The molecular weight excluding hydrogens is 805 g/mol. The maximum absolute atomic E-state index is 13.8. The fourth-order valence-electron chi connectivity index (χ4n) is 8.19. The number of aromatic nitrogens is 3. The number of amides is 1. The van der Waals surface area contributed by atoms with Gasteiger partial charge in [-0.25, -0.2) is 14.6 Å². The Hall–Kier alpha value is -5.86. The van der Waals surface area contributed by atoms with Crippen LogP contribution in [-0.2, 0) is 32.1 Å². The molecule has 1 aliphatic heterocycles. The van der Waals surface area contributed by atoms with Gasteiger partial charge >= 0.3 is 28.5 Å². The first-order valence-corrected chi connectivity index (χ1v) is 22.1. The van der Waals surface area contributed by atoms with Crippen molar-refractivity contribution in [2.24, 2.45) is 17.8 Å². The lowest BCUT2D eigenvalue weighted by Gasteiger charge is -2.37. The summed E-state index contributed by atoms with van der Waals surface area (Å²) in [5.41, 5.74) is 5.23. The molecule has 2 fully saturated rings. The Balaban J connectivity index is 1.14. The molecule has 316 valence electrons. The van der Waals surface area contributed by atoms with Crippen molar-refractivity contribution in [1.82, 2.24) is 19.5 Å². The molecular formula is C43H50N8O7S2. The highest BCUT2D eigenvalue weighted by Gasteiger charge is 2.36. The number of aryl methyl sites for hydroxylation is 3. The zero-order valence-corrected chi connectivity index (χ0v) is 36.4. The molecule has 17 heteroatoms. The number of aromatic amines is 1. The Labute approximate surface area is 355 Å². The number of ether oxygens (including phenoxy) is 1. The van der Waals surface area contributed by atoms with E-state index in [1.165, 1.54) is 6.20 Å². The van der Waals surface area contributed by atoms with Gasteiger partial charge in [0.05, 0.1) is 23.6 Å². The molecule has 60 heavy (non-hydrogen) atoms. The Morgan fingerprint density at radius 1 is 0.867 bits per heavy atom. The molecule has 0 spiro atoms. The number of carbonyl (C=O) groups is 2. The van der Waals surface area contributed by atoms with Crippen LogP contribution in [0.1, 0.15) is 67.6 Å². The zero-order valence-electron chi connectivity index (χ0n) is 34.7. The molecule has 1 saturated heterocycles. The predicted molar refractivity (Wildman–Crippen MR) is 234 cm³/mol. The number of benzene rings is 3. The number of hydrogen-bond acceptors (Lipinski definition) is 9. The number of nitrogens with zero attached hydrogens (tertiary/aromatic N) is 5. The molecule has 7 rings (SSSR count). The van der Waals surface area contributed by atoms with E-state index in [1.54, 1.807) is 47.5 Å². The van der Waals surface area contributed by atoms with Crippen molar-refractivity contribution in [1.29, 1.82) is 0 Å². The van der Waals surface area contributed by atoms with E-state index in [4.69, 9.17) is 24.7 Å². The minimum Gasteiger partial charge on any atom is -0.459 e. The lowest BCUT2D eigenvalue weighted by Crippen LogP contribution is -2.48. The van der Waals surface area contributed by atoms with Crippen LogP contribution in [0.25, 0.3) is 21.9 Å². The molecule has 3 heterocycles. The normalized spacial score (nSPS) is 20.2. The standard InChI is InChI=1S/C43H50N8O7S2/c1-25-9-10-27(3)37(21-25)57-59(54)47-33-13-11-28(4)38(23-33)58-60(55)48-34-22-32(12-14-36(34)50-17-15-49(16-18-50)31(7)52)41-45-42-39(35(44-8)24-51(42)46-41)43(53)56-40-29(5)19-26(2)20-30(40)6/h9-14,21-24,26,29-30,40,47-48H,15-20H2,1-7H3,(H,45,46).